The van der Waals surface area contributed by atoms with Crippen molar-refractivity contribution >= 4 is 29.3 Å². The fourth-order valence-electron chi connectivity index (χ4n) is 3.91. The first-order chi connectivity index (χ1) is 14.4. The molecule has 1 unspecified atom stereocenters. The molecule has 3 amide bonds. The first-order valence-electron chi connectivity index (χ1n) is 9.31. The van der Waals surface area contributed by atoms with E-state index < -0.39 is 11.9 Å². The summed E-state index contributed by atoms with van der Waals surface area (Å²) >= 11 is 6.20. The van der Waals surface area contributed by atoms with E-state index >= 15 is 0 Å². The average molecular weight is 426 g/mol. The maximum Gasteiger partial charge on any atom is 0.255 e. The van der Waals surface area contributed by atoms with Gasteiger partial charge in [0.25, 0.3) is 5.91 Å². The Morgan fingerprint density at radius 3 is 2.77 bits per heavy atom. The zero-order valence-corrected chi connectivity index (χ0v) is 16.6. The number of nitrogens with one attached hydrogen (secondary N) is 1. The molecule has 0 bridgehead atoms. The van der Waals surface area contributed by atoms with Crippen LogP contribution in [-0.4, -0.2) is 53.4 Å². The Hall–Kier alpha value is -3.53. The summed E-state index contributed by atoms with van der Waals surface area (Å²) in [6.45, 7) is 0.246. The molecule has 3 aromatic rings. The maximum atomic E-state index is 13.0. The molecule has 1 N–H and O–H groups in total. The van der Waals surface area contributed by atoms with Gasteiger partial charge >= 0.3 is 0 Å². The van der Waals surface area contributed by atoms with Crippen LogP contribution in [0.5, 0.6) is 0 Å². The third kappa shape index (κ3) is 2.88. The molecule has 1 saturated heterocycles. The first-order valence-corrected chi connectivity index (χ1v) is 9.69. The van der Waals surface area contributed by atoms with Gasteiger partial charge in [0.15, 0.2) is 0 Å². The standard InChI is InChI=1S/C19H16ClN7O3/c1-25-8-12(20)17(23-25)13-9-27(24-22-13)14-4-2-3-10-11(14)7-26(19(10)30)15-5-6-16(28)21-18(15)29/h2-4,8-9,15H,5-7H2,1H3,(H,21,28,29). The van der Waals surface area contributed by atoms with Crippen LogP contribution in [-0.2, 0) is 23.2 Å². The molecule has 2 aliphatic heterocycles. The number of aromatic nitrogens is 5. The minimum Gasteiger partial charge on any atom is -0.322 e. The summed E-state index contributed by atoms with van der Waals surface area (Å²) in [5.41, 5.74) is 2.95. The molecule has 11 heteroatoms. The van der Waals surface area contributed by atoms with Gasteiger partial charge in [0, 0.05) is 37.3 Å². The highest BCUT2D eigenvalue weighted by atomic mass is 35.5. The second-order valence-corrected chi connectivity index (χ2v) is 7.66. The highest BCUT2D eigenvalue weighted by Gasteiger charge is 2.40. The Bertz CT molecular complexity index is 1210. The van der Waals surface area contributed by atoms with Crippen molar-refractivity contribution < 1.29 is 14.4 Å². The van der Waals surface area contributed by atoms with Crippen LogP contribution in [0.1, 0.15) is 28.8 Å². The highest BCUT2D eigenvalue weighted by molar-refractivity contribution is 6.32. The molecule has 1 atom stereocenters. The molecule has 0 radical (unpaired) electrons. The summed E-state index contributed by atoms with van der Waals surface area (Å²) in [5.74, 6) is -0.999. The average Bonchev–Trinajstić information content (AvgIpc) is 3.40. The predicted octanol–water partition coefficient (Wildman–Crippen LogP) is 1.08. The molecular formula is C19H16ClN7O3. The van der Waals surface area contributed by atoms with Crippen molar-refractivity contribution in [2.75, 3.05) is 0 Å². The largest absolute Gasteiger partial charge is 0.322 e. The van der Waals surface area contributed by atoms with Gasteiger partial charge in [-0.05, 0) is 18.6 Å². The number of hydrogen-bond donors (Lipinski definition) is 1. The first kappa shape index (κ1) is 18.5. The van der Waals surface area contributed by atoms with E-state index in [9.17, 15) is 14.4 Å². The van der Waals surface area contributed by atoms with Crippen LogP contribution in [0.4, 0.5) is 0 Å². The molecular weight excluding hydrogens is 410 g/mol. The molecule has 10 nitrogen and oxygen atoms in total. The number of amides is 3. The van der Waals surface area contributed by atoms with E-state index in [0.29, 0.717) is 34.1 Å². The fourth-order valence-corrected chi connectivity index (χ4v) is 4.18. The van der Waals surface area contributed by atoms with Crippen molar-refractivity contribution in [3.63, 3.8) is 0 Å². The summed E-state index contributed by atoms with van der Waals surface area (Å²) in [6, 6.07) is 4.64. The molecule has 2 aliphatic rings. The summed E-state index contributed by atoms with van der Waals surface area (Å²) < 4.78 is 3.16. The van der Waals surface area contributed by atoms with Gasteiger partial charge in [0.05, 0.1) is 16.9 Å². The van der Waals surface area contributed by atoms with Crippen LogP contribution in [0.2, 0.25) is 5.02 Å². The summed E-state index contributed by atoms with van der Waals surface area (Å²) in [7, 11) is 1.76. The van der Waals surface area contributed by atoms with Crippen LogP contribution in [0.15, 0.2) is 30.6 Å². The summed E-state index contributed by atoms with van der Waals surface area (Å²) in [4.78, 5) is 38.2. The van der Waals surface area contributed by atoms with E-state index in [1.807, 2.05) is 6.07 Å². The number of nitrogens with zero attached hydrogens (tertiary/aromatic N) is 6. The number of halogens is 1. The lowest BCUT2D eigenvalue weighted by molar-refractivity contribution is -0.136. The topological polar surface area (TPSA) is 115 Å². The Kier molecular flexibility index (Phi) is 4.17. The molecule has 2 aromatic heterocycles. The second kappa shape index (κ2) is 6.77. The van der Waals surface area contributed by atoms with Crippen molar-refractivity contribution in [1.29, 1.82) is 0 Å². The number of hydrogen-bond acceptors (Lipinski definition) is 6. The summed E-state index contributed by atoms with van der Waals surface area (Å²) in [6.07, 6.45) is 3.89. The number of piperidine rings is 1. The molecule has 1 aromatic carbocycles. The quantitative estimate of drug-likeness (QED) is 0.628. The third-order valence-electron chi connectivity index (χ3n) is 5.32. The Morgan fingerprint density at radius 1 is 1.20 bits per heavy atom. The van der Waals surface area contributed by atoms with E-state index in [1.54, 1.807) is 40.9 Å². The fraction of sp³-hybridized carbons (Fsp3) is 0.263. The van der Waals surface area contributed by atoms with E-state index in [2.05, 4.69) is 20.7 Å². The molecule has 4 heterocycles. The molecule has 5 rings (SSSR count). The van der Waals surface area contributed by atoms with Crippen LogP contribution in [0.3, 0.4) is 0 Å². The number of imide groups is 1. The normalized spacial score (nSPS) is 18.7. The van der Waals surface area contributed by atoms with Crippen LogP contribution < -0.4 is 5.32 Å². The second-order valence-electron chi connectivity index (χ2n) is 7.25. The Balaban J connectivity index is 1.49. The van der Waals surface area contributed by atoms with Gasteiger partial charge in [-0.2, -0.15) is 5.10 Å². The number of benzene rings is 1. The van der Waals surface area contributed by atoms with Gasteiger partial charge in [-0.1, -0.05) is 22.9 Å². The van der Waals surface area contributed by atoms with Crippen molar-refractivity contribution in [1.82, 2.24) is 35.0 Å². The number of rotatable bonds is 3. The Labute approximate surface area is 175 Å². The van der Waals surface area contributed by atoms with Gasteiger partial charge in [-0.3, -0.25) is 24.4 Å². The van der Waals surface area contributed by atoms with Crippen molar-refractivity contribution in [2.45, 2.75) is 25.4 Å². The SMILES string of the molecule is Cn1cc(Cl)c(-c2cn(-c3cccc4c3CN(C3CCC(=O)NC3=O)C4=O)nn2)n1. The van der Waals surface area contributed by atoms with Gasteiger partial charge in [0.1, 0.15) is 17.4 Å². The lowest BCUT2D eigenvalue weighted by Gasteiger charge is -2.29. The molecule has 152 valence electrons. The molecule has 0 spiro atoms. The highest BCUT2D eigenvalue weighted by Crippen LogP contribution is 2.32. The van der Waals surface area contributed by atoms with E-state index in [4.69, 9.17) is 11.6 Å². The van der Waals surface area contributed by atoms with Crippen LogP contribution >= 0.6 is 11.6 Å². The van der Waals surface area contributed by atoms with Crippen molar-refractivity contribution in [2.24, 2.45) is 7.05 Å². The number of carbonyl (C=O) groups is 3. The van der Waals surface area contributed by atoms with Gasteiger partial charge < -0.3 is 4.90 Å². The lowest BCUT2D eigenvalue weighted by atomic mass is 10.0. The lowest BCUT2D eigenvalue weighted by Crippen LogP contribution is -2.52. The van der Waals surface area contributed by atoms with Crippen molar-refractivity contribution in [3.8, 4) is 17.1 Å². The predicted molar refractivity (Wildman–Crippen MR) is 105 cm³/mol. The van der Waals surface area contributed by atoms with Crippen LogP contribution in [0.25, 0.3) is 17.1 Å². The monoisotopic (exact) mass is 425 g/mol. The molecule has 0 saturated carbocycles. The minimum atomic E-state index is -0.672. The van der Waals surface area contributed by atoms with E-state index in [1.165, 1.54) is 4.90 Å². The van der Waals surface area contributed by atoms with E-state index in [-0.39, 0.29) is 24.8 Å². The van der Waals surface area contributed by atoms with Crippen LogP contribution in [0, 0.1) is 0 Å². The zero-order valence-electron chi connectivity index (χ0n) is 15.9. The number of aryl methyl sites for hydroxylation is 1. The Morgan fingerprint density at radius 2 is 2.03 bits per heavy atom. The zero-order chi connectivity index (χ0) is 21.0. The third-order valence-corrected chi connectivity index (χ3v) is 5.60. The number of fused-ring (bicyclic) bond motifs is 1. The minimum absolute atomic E-state index is 0.209. The van der Waals surface area contributed by atoms with Gasteiger partial charge in [0.2, 0.25) is 11.8 Å². The van der Waals surface area contributed by atoms with Gasteiger partial charge in [-0.25, -0.2) is 4.68 Å². The van der Waals surface area contributed by atoms with Crippen molar-refractivity contribution in [3.05, 3.63) is 46.7 Å². The molecule has 30 heavy (non-hydrogen) atoms. The molecule has 1 fully saturated rings. The number of carbonyl (C=O) groups excluding carboxylic acids is 3. The maximum absolute atomic E-state index is 13.0. The smallest absolute Gasteiger partial charge is 0.255 e. The van der Waals surface area contributed by atoms with Gasteiger partial charge in [-0.15, -0.1) is 5.10 Å². The summed E-state index contributed by atoms with van der Waals surface area (Å²) in [5, 5.41) is 15.4. The van der Waals surface area contributed by atoms with E-state index in [0.717, 1.165) is 5.56 Å². The molecule has 0 aliphatic carbocycles.